The van der Waals surface area contributed by atoms with Crippen LogP contribution in [0.15, 0.2) is 18.2 Å². The van der Waals surface area contributed by atoms with Crippen LogP contribution in [0.1, 0.15) is 38.5 Å². The third-order valence-electron chi connectivity index (χ3n) is 6.31. The number of hydrogen-bond donors (Lipinski definition) is 2. The summed E-state index contributed by atoms with van der Waals surface area (Å²) in [6.07, 6.45) is 6.98. The standard InChI is InChI=1S/C20H26N2O4/c1-25-16-3-2-15(7-17(16)26-11-18(21)23)22-19(24)20-8-12-4-13(9-20)6-14(5-12)10-20/h2-3,7,12-14H,4-6,8-11H2,1H3,(H2,21,23)(H,22,24). The number of rotatable bonds is 6. The minimum absolute atomic E-state index is 0.127. The van der Waals surface area contributed by atoms with Crippen molar-refractivity contribution < 1.29 is 19.1 Å². The van der Waals surface area contributed by atoms with Crippen LogP contribution in [-0.4, -0.2) is 25.5 Å². The number of benzene rings is 1. The Morgan fingerprint density at radius 2 is 1.73 bits per heavy atom. The molecular weight excluding hydrogens is 332 g/mol. The first-order valence-electron chi connectivity index (χ1n) is 9.38. The van der Waals surface area contributed by atoms with E-state index in [0.717, 1.165) is 37.0 Å². The van der Waals surface area contributed by atoms with Gasteiger partial charge in [0.2, 0.25) is 5.91 Å². The Kier molecular flexibility index (Phi) is 4.29. The first-order chi connectivity index (χ1) is 12.5. The summed E-state index contributed by atoms with van der Waals surface area (Å²) in [6, 6.07) is 5.22. The van der Waals surface area contributed by atoms with E-state index in [1.54, 1.807) is 18.2 Å². The summed E-state index contributed by atoms with van der Waals surface area (Å²) in [5, 5.41) is 3.09. The fourth-order valence-electron chi connectivity index (χ4n) is 5.67. The predicted molar refractivity (Wildman–Crippen MR) is 96.9 cm³/mol. The summed E-state index contributed by atoms with van der Waals surface area (Å²) in [5.41, 5.74) is 5.60. The normalized spacial score (nSPS) is 31.5. The number of primary amides is 1. The highest BCUT2D eigenvalue weighted by Crippen LogP contribution is 2.60. The molecule has 0 aromatic heterocycles. The molecule has 4 fully saturated rings. The van der Waals surface area contributed by atoms with Crippen LogP contribution in [0.25, 0.3) is 0 Å². The second-order valence-electron chi connectivity index (χ2n) is 8.27. The molecule has 3 N–H and O–H groups in total. The zero-order chi connectivity index (χ0) is 18.3. The quantitative estimate of drug-likeness (QED) is 0.818. The van der Waals surface area contributed by atoms with E-state index in [4.69, 9.17) is 15.2 Å². The molecule has 6 nitrogen and oxygen atoms in total. The second kappa shape index (κ2) is 6.49. The van der Waals surface area contributed by atoms with Crippen molar-refractivity contribution in [2.75, 3.05) is 19.0 Å². The van der Waals surface area contributed by atoms with Crippen molar-refractivity contribution >= 4 is 17.5 Å². The number of methoxy groups -OCH3 is 1. The Morgan fingerprint density at radius 1 is 1.12 bits per heavy atom. The number of nitrogens with two attached hydrogens (primary N) is 1. The summed E-state index contributed by atoms with van der Waals surface area (Å²) >= 11 is 0. The number of nitrogens with one attached hydrogen (secondary N) is 1. The fraction of sp³-hybridized carbons (Fsp3) is 0.600. The average molecular weight is 358 g/mol. The van der Waals surface area contributed by atoms with Crippen LogP contribution in [0.4, 0.5) is 5.69 Å². The van der Waals surface area contributed by atoms with E-state index in [0.29, 0.717) is 17.2 Å². The van der Waals surface area contributed by atoms with Crippen LogP contribution >= 0.6 is 0 Å². The molecule has 4 saturated carbocycles. The molecular formula is C20H26N2O4. The second-order valence-corrected chi connectivity index (χ2v) is 8.27. The van der Waals surface area contributed by atoms with Gasteiger partial charge in [0.25, 0.3) is 5.91 Å². The van der Waals surface area contributed by atoms with Gasteiger partial charge in [-0.15, -0.1) is 0 Å². The lowest BCUT2D eigenvalue weighted by Crippen LogP contribution is -2.51. The summed E-state index contributed by atoms with van der Waals surface area (Å²) in [5.74, 6) is 2.62. The van der Waals surface area contributed by atoms with Gasteiger partial charge in [0.15, 0.2) is 18.1 Å². The molecule has 0 spiro atoms. The first-order valence-corrected chi connectivity index (χ1v) is 9.38. The lowest BCUT2D eigenvalue weighted by Gasteiger charge is -2.55. The van der Waals surface area contributed by atoms with Gasteiger partial charge in [-0.1, -0.05) is 0 Å². The van der Waals surface area contributed by atoms with E-state index in [9.17, 15) is 9.59 Å². The summed E-state index contributed by atoms with van der Waals surface area (Å²) < 4.78 is 10.7. The van der Waals surface area contributed by atoms with Gasteiger partial charge in [0, 0.05) is 11.8 Å². The van der Waals surface area contributed by atoms with Gasteiger partial charge in [-0.2, -0.15) is 0 Å². The fourth-order valence-corrected chi connectivity index (χ4v) is 5.67. The molecule has 1 aromatic rings. The van der Waals surface area contributed by atoms with E-state index < -0.39 is 5.91 Å². The SMILES string of the molecule is COc1ccc(NC(=O)C23CC4CC(CC(C4)C2)C3)cc1OCC(N)=O. The number of amides is 2. The number of carbonyl (C=O) groups is 2. The number of hydrogen-bond acceptors (Lipinski definition) is 4. The van der Waals surface area contributed by atoms with Crippen molar-refractivity contribution in [3.05, 3.63) is 18.2 Å². The number of carbonyl (C=O) groups excluding carboxylic acids is 2. The Bertz CT molecular complexity index is 695. The monoisotopic (exact) mass is 358 g/mol. The van der Waals surface area contributed by atoms with Gasteiger partial charge in [-0.05, 0) is 68.4 Å². The summed E-state index contributed by atoms with van der Waals surface area (Å²) in [6.45, 7) is -0.233. The zero-order valence-corrected chi connectivity index (χ0v) is 15.1. The summed E-state index contributed by atoms with van der Waals surface area (Å²) in [4.78, 5) is 24.1. The van der Waals surface area contributed by atoms with Crippen LogP contribution in [0, 0.1) is 23.2 Å². The van der Waals surface area contributed by atoms with Gasteiger partial charge >= 0.3 is 0 Å². The van der Waals surface area contributed by atoms with Crippen LogP contribution in [0.5, 0.6) is 11.5 Å². The van der Waals surface area contributed by atoms with Gasteiger partial charge in [0.05, 0.1) is 12.5 Å². The van der Waals surface area contributed by atoms with Crippen LogP contribution in [-0.2, 0) is 9.59 Å². The zero-order valence-electron chi connectivity index (χ0n) is 15.1. The third-order valence-corrected chi connectivity index (χ3v) is 6.31. The molecule has 4 aliphatic rings. The molecule has 140 valence electrons. The number of anilines is 1. The highest BCUT2D eigenvalue weighted by Gasteiger charge is 2.54. The van der Waals surface area contributed by atoms with Crippen LogP contribution in [0.2, 0.25) is 0 Å². The highest BCUT2D eigenvalue weighted by molar-refractivity contribution is 5.96. The molecule has 0 atom stereocenters. The van der Waals surface area contributed by atoms with E-state index in [-0.39, 0.29) is 17.9 Å². The minimum atomic E-state index is -0.560. The molecule has 6 heteroatoms. The molecule has 4 aliphatic carbocycles. The molecule has 4 bridgehead atoms. The molecule has 0 radical (unpaired) electrons. The summed E-state index contributed by atoms with van der Waals surface area (Å²) in [7, 11) is 1.53. The van der Waals surface area contributed by atoms with Crippen LogP contribution < -0.4 is 20.5 Å². The maximum absolute atomic E-state index is 13.1. The van der Waals surface area contributed by atoms with Crippen molar-refractivity contribution in [2.45, 2.75) is 38.5 Å². The van der Waals surface area contributed by atoms with E-state index in [2.05, 4.69) is 5.32 Å². The molecule has 0 heterocycles. The Labute approximate surface area is 153 Å². The Balaban J connectivity index is 1.51. The van der Waals surface area contributed by atoms with Crippen molar-refractivity contribution in [1.82, 2.24) is 0 Å². The lowest BCUT2D eigenvalue weighted by atomic mass is 9.49. The Morgan fingerprint density at radius 3 is 2.27 bits per heavy atom. The van der Waals surface area contributed by atoms with Crippen molar-refractivity contribution in [1.29, 1.82) is 0 Å². The van der Waals surface area contributed by atoms with Crippen molar-refractivity contribution in [2.24, 2.45) is 28.9 Å². The van der Waals surface area contributed by atoms with E-state index in [1.807, 2.05) is 0 Å². The van der Waals surface area contributed by atoms with Crippen molar-refractivity contribution in [3.8, 4) is 11.5 Å². The predicted octanol–water partition coefficient (Wildman–Crippen LogP) is 2.71. The lowest BCUT2D eigenvalue weighted by molar-refractivity contribution is -0.140. The highest BCUT2D eigenvalue weighted by atomic mass is 16.5. The minimum Gasteiger partial charge on any atom is -0.493 e. The first kappa shape index (κ1) is 17.2. The van der Waals surface area contributed by atoms with E-state index in [1.165, 1.54) is 26.4 Å². The smallest absolute Gasteiger partial charge is 0.255 e. The molecule has 0 saturated heterocycles. The number of ether oxygens (including phenoxy) is 2. The van der Waals surface area contributed by atoms with Crippen LogP contribution in [0.3, 0.4) is 0 Å². The van der Waals surface area contributed by atoms with E-state index >= 15 is 0 Å². The molecule has 0 aliphatic heterocycles. The molecule has 5 rings (SSSR count). The van der Waals surface area contributed by atoms with Gasteiger partial charge in [-0.25, -0.2) is 0 Å². The maximum Gasteiger partial charge on any atom is 0.255 e. The molecule has 26 heavy (non-hydrogen) atoms. The topological polar surface area (TPSA) is 90.7 Å². The maximum atomic E-state index is 13.1. The molecule has 0 unspecified atom stereocenters. The van der Waals surface area contributed by atoms with Gasteiger partial charge in [0.1, 0.15) is 0 Å². The Hall–Kier alpha value is -2.24. The van der Waals surface area contributed by atoms with Crippen molar-refractivity contribution in [3.63, 3.8) is 0 Å². The van der Waals surface area contributed by atoms with Gasteiger partial charge < -0.3 is 20.5 Å². The van der Waals surface area contributed by atoms with Gasteiger partial charge in [-0.3, -0.25) is 9.59 Å². The third kappa shape index (κ3) is 3.13. The largest absolute Gasteiger partial charge is 0.493 e. The molecule has 2 amide bonds. The average Bonchev–Trinajstić information content (AvgIpc) is 2.59. The molecule has 1 aromatic carbocycles.